The van der Waals surface area contributed by atoms with E-state index < -0.39 is 0 Å². The maximum absolute atomic E-state index is 5.84. The summed E-state index contributed by atoms with van der Waals surface area (Å²) in [4.78, 5) is 0. The molecular formula is C13H20ClNS. The molecule has 1 nitrogen and oxygen atoms in total. The molecule has 90 valence electrons. The van der Waals surface area contributed by atoms with Gasteiger partial charge < -0.3 is 5.32 Å². The van der Waals surface area contributed by atoms with E-state index in [2.05, 4.69) is 31.3 Å². The highest BCUT2D eigenvalue weighted by Gasteiger charge is 2.00. The molecule has 1 atom stereocenters. The van der Waals surface area contributed by atoms with Crippen LogP contribution in [0.1, 0.15) is 25.8 Å². The molecule has 0 aliphatic heterocycles. The number of thioether (sulfide) groups is 1. The third kappa shape index (κ3) is 5.78. The zero-order chi connectivity index (χ0) is 11.8. The fourth-order valence-corrected chi connectivity index (χ4v) is 2.53. The molecule has 1 unspecified atom stereocenters. The van der Waals surface area contributed by atoms with Crippen LogP contribution in [0.4, 0.5) is 0 Å². The zero-order valence-corrected chi connectivity index (χ0v) is 11.6. The van der Waals surface area contributed by atoms with E-state index in [0.29, 0.717) is 6.04 Å². The van der Waals surface area contributed by atoms with Gasteiger partial charge >= 0.3 is 0 Å². The highest BCUT2D eigenvalue weighted by molar-refractivity contribution is 7.98. The summed E-state index contributed by atoms with van der Waals surface area (Å²) in [5, 5.41) is 4.30. The van der Waals surface area contributed by atoms with Crippen LogP contribution in [-0.2, 0) is 5.75 Å². The Morgan fingerprint density at radius 3 is 2.62 bits per heavy atom. The van der Waals surface area contributed by atoms with Gasteiger partial charge in [-0.15, -0.1) is 0 Å². The van der Waals surface area contributed by atoms with Gasteiger partial charge in [0.1, 0.15) is 0 Å². The van der Waals surface area contributed by atoms with Crippen LogP contribution in [-0.4, -0.2) is 18.3 Å². The molecule has 16 heavy (non-hydrogen) atoms. The van der Waals surface area contributed by atoms with Crippen LogP contribution >= 0.6 is 23.4 Å². The molecule has 3 heteroatoms. The summed E-state index contributed by atoms with van der Waals surface area (Å²) in [6, 6.07) is 8.70. The number of hydrogen-bond acceptors (Lipinski definition) is 2. The van der Waals surface area contributed by atoms with Crippen LogP contribution in [0.25, 0.3) is 0 Å². The van der Waals surface area contributed by atoms with Gasteiger partial charge in [-0.3, -0.25) is 0 Å². The van der Waals surface area contributed by atoms with Crippen molar-refractivity contribution < 1.29 is 0 Å². The minimum Gasteiger partial charge on any atom is -0.313 e. The quantitative estimate of drug-likeness (QED) is 0.794. The molecule has 0 amide bonds. The Bertz CT molecular complexity index is 286. The monoisotopic (exact) mass is 257 g/mol. The van der Waals surface area contributed by atoms with Crippen molar-refractivity contribution in [3.8, 4) is 0 Å². The summed E-state index contributed by atoms with van der Waals surface area (Å²) in [7, 11) is 0. The highest BCUT2D eigenvalue weighted by Crippen LogP contribution is 2.15. The fourth-order valence-electron chi connectivity index (χ4n) is 1.38. The summed E-state index contributed by atoms with van der Waals surface area (Å²) >= 11 is 7.80. The molecule has 0 aliphatic rings. The topological polar surface area (TPSA) is 12.0 Å². The van der Waals surface area contributed by atoms with Gasteiger partial charge in [0.05, 0.1) is 0 Å². The fraction of sp³-hybridized carbons (Fsp3) is 0.538. The normalized spacial score (nSPS) is 12.7. The van der Waals surface area contributed by atoms with Gasteiger partial charge in [0.25, 0.3) is 0 Å². The lowest BCUT2D eigenvalue weighted by molar-refractivity contribution is 0.590. The van der Waals surface area contributed by atoms with Crippen molar-refractivity contribution in [3.63, 3.8) is 0 Å². The minimum absolute atomic E-state index is 0.595. The van der Waals surface area contributed by atoms with Gasteiger partial charge in [0.2, 0.25) is 0 Å². The lowest BCUT2D eigenvalue weighted by Crippen LogP contribution is -2.28. The minimum atomic E-state index is 0.595. The summed E-state index contributed by atoms with van der Waals surface area (Å²) in [6.45, 7) is 5.55. The first kappa shape index (κ1) is 13.9. The van der Waals surface area contributed by atoms with E-state index in [1.807, 2.05) is 23.9 Å². The van der Waals surface area contributed by atoms with Gasteiger partial charge in [0.15, 0.2) is 0 Å². The second-order valence-electron chi connectivity index (χ2n) is 4.00. The summed E-state index contributed by atoms with van der Waals surface area (Å²) in [5.41, 5.74) is 1.34. The molecule has 0 saturated carbocycles. The van der Waals surface area contributed by atoms with Crippen molar-refractivity contribution in [2.75, 3.05) is 12.3 Å². The number of benzene rings is 1. The molecule has 1 N–H and O–H groups in total. The van der Waals surface area contributed by atoms with Crippen LogP contribution in [0.3, 0.4) is 0 Å². The highest BCUT2D eigenvalue weighted by atomic mass is 35.5. The third-order valence-corrected chi connectivity index (χ3v) is 3.82. The smallest absolute Gasteiger partial charge is 0.0406 e. The molecule has 0 aliphatic carbocycles. The van der Waals surface area contributed by atoms with Gasteiger partial charge in [-0.1, -0.05) is 30.7 Å². The standard InChI is InChI=1S/C13H20ClNS/c1-3-8-15-11(2)9-16-10-12-4-6-13(14)7-5-12/h4-7,11,15H,3,8-10H2,1-2H3. The molecule has 0 spiro atoms. The number of halogens is 1. The Labute approximate surface area is 108 Å². The Balaban J connectivity index is 2.17. The first-order valence-electron chi connectivity index (χ1n) is 5.78. The molecule has 0 heterocycles. The molecule has 0 fully saturated rings. The van der Waals surface area contributed by atoms with E-state index >= 15 is 0 Å². The molecule has 0 aromatic heterocycles. The van der Waals surface area contributed by atoms with Crippen LogP contribution in [0.5, 0.6) is 0 Å². The van der Waals surface area contributed by atoms with E-state index in [-0.39, 0.29) is 0 Å². The summed E-state index contributed by atoms with van der Waals surface area (Å²) < 4.78 is 0. The van der Waals surface area contributed by atoms with Gasteiger partial charge in [-0.25, -0.2) is 0 Å². The van der Waals surface area contributed by atoms with E-state index in [1.54, 1.807) is 0 Å². The Morgan fingerprint density at radius 1 is 1.31 bits per heavy atom. The zero-order valence-electron chi connectivity index (χ0n) is 10.0. The lowest BCUT2D eigenvalue weighted by atomic mass is 10.2. The average Bonchev–Trinajstić information content (AvgIpc) is 2.29. The number of nitrogens with one attached hydrogen (secondary N) is 1. The predicted molar refractivity (Wildman–Crippen MR) is 75.4 cm³/mol. The van der Waals surface area contributed by atoms with Gasteiger partial charge in [-0.2, -0.15) is 11.8 Å². The maximum Gasteiger partial charge on any atom is 0.0406 e. The van der Waals surface area contributed by atoms with E-state index in [4.69, 9.17) is 11.6 Å². The van der Waals surface area contributed by atoms with Gasteiger partial charge in [0, 0.05) is 22.6 Å². The first-order chi connectivity index (χ1) is 7.72. The predicted octanol–water partition coefficient (Wildman–Crippen LogP) is 3.96. The molecule has 0 radical (unpaired) electrons. The molecule has 1 aromatic rings. The van der Waals surface area contributed by atoms with E-state index in [1.165, 1.54) is 12.0 Å². The van der Waals surface area contributed by atoms with Crippen LogP contribution < -0.4 is 5.32 Å². The summed E-state index contributed by atoms with van der Waals surface area (Å²) in [6.07, 6.45) is 1.20. The Kier molecular flexibility index (Phi) is 6.93. The van der Waals surface area contributed by atoms with E-state index in [9.17, 15) is 0 Å². The largest absolute Gasteiger partial charge is 0.313 e. The van der Waals surface area contributed by atoms with Gasteiger partial charge in [-0.05, 0) is 37.6 Å². The Morgan fingerprint density at radius 2 is 2.00 bits per heavy atom. The average molecular weight is 258 g/mol. The second-order valence-corrected chi connectivity index (χ2v) is 5.46. The van der Waals surface area contributed by atoms with Crippen LogP contribution in [0.15, 0.2) is 24.3 Å². The molecule has 1 rings (SSSR count). The van der Waals surface area contributed by atoms with Crippen LogP contribution in [0, 0.1) is 0 Å². The molecular weight excluding hydrogens is 238 g/mol. The first-order valence-corrected chi connectivity index (χ1v) is 7.31. The van der Waals surface area contributed by atoms with Crippen molar-refractivity contribution in [1.29, 1.82) is 0 Å². The SMILES string of the molecule is CCCNC(C)CSCc1ccc(Cl)cc1. The third-order valence-electron chi connectivity index (χ3n) is 2.29. The molecule has 0 saturated heterocycles. The molecule has 0 bridgehead atoms. The van der Waals surface area contributed by atoms with Crippen LogP contribution in [0.2, 0.25) is 5.02 Å². The molecule has 1 aromatic carbocycles. The van der Waals surface area contributed by atoms with Crippen molar-refractivity contribution in [1.82, 2.24) is 5.32 Å². The van der Waals surface area contributed by atoms with Crippen molar-refractivity contribution in [2.24, 2.45) is 0 Å². The van der Waals surface area contributed by atoms with E-state index in [0.717, 1.165) is 23.1 Å². The Hall–Kier alpha value is -0.180. The lowest BCUT2D eigenvalue weighted by Gasteiger charge is -2.12. The van der Waals surface area contributed by atoms with Crippen molar-refractivity contribution in [2.45, 2.75) is 32.1 Å². The number of hydrogen-bond donors (Lipinski definition) is 1. The summed E-state index contributed by atoms with van der Waals surface area (Å²) in [5.74, 6) is 2.22. The maximum atomic E-state index is 5.84. The second kappa shape index (κ2) is 7.99. The number of rotatable bonds is 7. The van der Waals surface area contributed by atoms with Crippen molar-refractivity contribution >= 4 is 23.4 Å². The van der Waals surface area contributed by atoms with Crippen molar-refractivity contribution in [3.05, 3.63) is 34.9 Å².